The van der Waals surface area contributed by atoms with Crippen molar-refractivity contribution in [3.8, 4) is 0 Å². The largest absolute Gasteiger partial charge is 0.357 e. The molecule has 0 bridgehead atoms. The Kier molecular flexibility index (Phi) is 2.83. The first-order chi connectivity index (χ1) is 7.61. The predicted octanol–water partition coefficient (Wildman–Crippen LogP) is 1.10. The molecule has 1 aliphatic heterocycles. The van der Waals surface area contributed by atoms with E-state index in [-0.39, 0.29) is 11.9 Å². The smallest absolute Gasteiger partial charge is 0.243 e. The van der Waals surface area contributed by atoms with Crippen LogP contribution < -0.4 is 16.0 Å². The third kappa shape index (κ3) is 1.88. The molecule has 1 atom stereocenters. The molecule has 86 valence electrons. The number of aryl methyl sites for hydroxylation is 1. The SMILES string of the molecule is Cc1ccc2c(c1)NC(=O)CN2C(C)CN. The minimum absolute atomic E-state index is 0.0263. The molecule has 0 saturated carbocycles. The van der Waals surface area contributed by atoms with Gasteiger partial charge in [0, 0.05) is 12.6 Å². The number of anilines is 2. The molecule has 1 aromatic rings. The Hall–Kier alpha value is -1.55. The summed E-state index contributed by atoms with van der Waals surface area (Å²) in [5.41, 5.74) is 8.75. The number of carbonyl (C=O) groups is 1. The Morgan fingerprint density at radius 2 is 2.31 bits per heavy atom. The van der Waals surface area contributed by atoms with Crippen LogP contribution in [0.15, 0.2) is 18.2 Å². The van der Waals surface area contributed by atoms with E-state index in [9.17, 15) is 4.79 Å². The van der Waals surface area contributed by atoms with Crippen LogP contribution in [0.5, 0.6) is 0 Å². The highest BCUT2D eigenvalue weighted by Crippen LogP contribution is 2.31. The standard InChI is InChI=1S/C12H17N3O/c1-8-3-4-11-10(5-8)14-12(16)7-15(11)9(2)6-13/h3-5,9H,6-7,13H2,1-2H3,(H,14,16). The summed E-state index contributed by atoms with van der Waals surface area (Å²) in [7, 11) is 0. The highest BCUT2D eigenvalue weighted by atomic mass is 16.2. The zero-order valence-corrected chi connectivity index (χ0v) is 9.66. The van der Waals surface area contributed by atoms with Crippen LogP contribution in [0.2, 0.25) is 0 Å². The number of hydrogen-bond donors (Lipinski definition) is 2. The van der Waals surface area contributed by atoms with Gasteiger partial charge < -0.3 is 16.0 Å². The summed E-state index contributed by atoms with van der Waals surface area (Å²) >= 11 is 0. The van der Waals surface area contributed by atoms with E-state index in [0.717, 1.165) is 16.9 Å². The van der Waals surface area contributed by atoms with Gasteiger partial charge in [0.15, 0.2) is 0 Å². The van der Waals surface area contributed by atoms with Gasteiger partial charge in [-0.05, 0) is 31.5 Å². The van der Waals surface area contributed by atoms with Crippen LogP contribution in [0.1, 0.15) is 12.5 Å². The maximum absolute atomic E-state index is 11.6. The van der Waals surface area contributed by atoms with Crippen molar-refractivity contribution in [1.82, 2.24) is 0 Å². The van der Waals surface area contributed by atoms with Crippen molar-refractivity contribution in [2.45, 2.75) is 19.9 Å². The van der Waals surface area contributed by atoms with Gasteiger partial charge in [-0.2, -0.15) is 0 Å². The zero-order chi connectivity index (χ0) is 11.7. The third-order valence-corrected chi connectivity index (χ3v) is 2.92. The van der Waals surface area contributed by atoms with E-state index < -0.39 is 0 Å². The molecule has 0 aliphatic carbocycles. The van der Waals surface area contributed by atoms with Crippen LogP contribution in [0.25, 0.3) is 0 Å². The molecule has 4 nitrogen and oxygen atoms in total. The highest BCUT2D eigenvalue weighted by molar-refractivity contribution is 6.01. The molecule has 1 amide bonds. The summed E-state index contributed by atoms with van der Waals surface area (Å²) in [4.78, 5) is 13.6. The Labute approximate surface area is 95.4 Å². The van der Waals surface area contributed by atoms with Gasteiger partial charge in [0.05, 0.1) is 17.9 Å². The fourth-order valence-electron chi connectivity index (χ4n) is 1.95. The Morgan fingerprint density at radius 1 is 1.56 bits per heavy atom. The molecule has 0 radical (unpaired) electrons. The van der Waals surface area contributed by atoms with Gasteiger partial charge in [0.25, 0.3) is 0 Å². The van der Waals surface area contributed by atoms with Crippen LogP contribution in [-0.2, 0) is 4.79 Å². The van der Waals surface area contributed by atoms with Crippen molar-refractivity contribution in [3.05, 3.63) is 23.8 Å². The first-order valence-corrected chi connectivity index (χ1v) is 5.49. The summed E-state index contributed by atoms with van der Waals surface area (Å²) in [5, 5.41) is 2.89. The number of amides is 1. The molecule has 3 N–H and O–H groups in total. The van der Waals surface area contributed by atoms with E-state index in [1.165, 1.54) is 0 Å². The highest BCUT2D eigenvalue weighted by Gasteiger charge is 2.24. The number of nitrogens with one attached hydrogen (secondary N) is 1. The number of hydrogen-bond acceptors (Lipinski definition) is 3. The minimum atomic E-state index is 0.0263. The van der Waals surface area contributed by atoms with E-state index in [1.54, 1.807) is 0 Å². The lowest BCUT2D eigenvalue weighted by Gasteiger charge is -2.35. The summed E-state index contributed by atoms with van der Waals surface area (Å²) < 4.78 is 0. The van der Waals surface area contributed by atoms with Gasteiger partial charge in [-0.25, -0.2) is 0 Å². The predicted molar refractivity (Wildman–Crippen MR) is 65.7 cm³/mol. The number of nitrogens with zero attached hydrogens (tertiary/aromatic N) is 1. The first kappa shape index (κ1) is 11.0. The molecule has 1 aromatic carbocycles. The van der Waals surface area contributed by atoms with Crippen molar-refractivity contribution in [2.24, 2.45) is 5.73 Å². The first-order valence-electron chi connectivity index (χ1n) is 5.49. The molecular weight excluding hydrogens is 202 g/mol. The molecular formula is C12H17N3O. The minimum Gasteiger partial charge on any atom is -0.357 e. The maximum atomic E-state index is 11.6. The molecule has 0 fully saturated rings. The van der Waals surface area contributed by atoms with E-state index in [1.807, 2.05) is 36.9 Å². The number of benzene rings is 1. The fraction of sp³-hybridized carbons (Fsp3) is 0.417. The van der Waals surface area contributed by atoms with E-state index >= 15 is 0 Å². The normalized spacial score (nSPS) is 16.7. The van der Waals surface area contributed by atoms with Crippen LogP contribution >= 0.6 is 0 Å². The summed E-state index contributed by atoms with van der Waals surface area (Å²) in [6.07, 6.45) is 0. The Balaban J connectivity index is 2.41. The molecule has 1 unspecified atom stereocenters. The zero-order valence-electron chi connectivity index (χ0n) is 9.66. The second-order valence-electron chi connectivity index (χ2n) is 4.28. The van der Waals surface area contributed by atoms with Gasteiger partial charge in [-0.1, -0.05) is 6.07 Å². The average molecular weight is 219 g/mol. The summed E-state index contributed by atoms with van der Waals surface area (Å²) in [6, 6.07) is 6.25. The Bertz CT molecular complexity index is 417. The molecule has 0 spiro atoms. The van der Waals surface area contributed by atoms with Gasteiger partial charge >= 0.3 is 0 Å². The van der Waals surface area contributed by atoms with Gasteiger partial charge in [0.2, 0.25) is 5.91 Å². The monoisotopic (exact) mass is 219 g/mol. The number of carbonyl (C=O) groups excluding carboxylic acids is 1. The van der Waals surface area contributed by atoms with Gasteiger partial charge in [-0.3, -0.25) is 4.79 Å². The quantitative estimate of drug-likeness (QED) is 0.783. The number of rotatable bonds is 2. The fourth-order valence-corrected chi connectivity index (χ4v) is 1.95. The molecule has 1 aliphatic rings. The number of nitrogens with two attached hydrogens (primary N) is 1. The second kappa shape index (κ2) is 4.14. The van der Waals surface area contributed by atoms with Crippen molar-refractivity contribution < 1.29 is 4.79 Å². The summed E-state index contributed by atoms with van der Waals surface area (Å²) in [5.74, 6) is 0.0263. The van der Waals surface area contributed by atoms with Crippen molar-refractivity contribution >= 4 is 17.3 Å². The van der Waals surface area contributed by atoms with Crippen LogP contribution in [-0.4, -0.2) is 25.0 Å². The van der Waals surface area contributed by atoms with Crippen molar-refractivity contribution in [1.29, 1.82) is 0 Å². The lowest BCUT2D eigenvalue weighted by molar-refractivity contribution is -0.115. The Morgan fingerprint density at radius 3 is 3.00 bits per heavy atom. The molecule has 0 aromatic heterocycles. The van der Waals surface area contributed by atoms with Crippen molar-refractivity contribution in [2.75, 3.05) is 23.3 Å². The maximum Gasteiger partial charge on any atom is 0.243 e. The van der Waals surface area contributed by atoms with Crippen LogP contribution in [0.4, 0.5) is 11.4 Å². The number of fused-ring (bicyclic) bond motifs is 1. The lowest BCUT2D eigenvalue weighted by atomic mass is 10.1. The van der Waals surface area contributed by atoms with Crippen LogP contribution in [0.3, 0.4) is 0 Å². The van der Waals surface area contributed by atoms with Crippen molar-refractivity contribution in [3.63, 3.8) is 0 Å². The topological polar surface area (TPSA) is 58.4 Å². The van der Waals surface area contributed by atoms with Gasteiger partial charge in [-0.15, -0.1) is 0 Å². The average Bonchev–Trinajstić information content (AvgIpc) is 2.26. The lowest BCUT2D eigenvalue weighted by Crippen LogP contribution is -2.46. The second-order valence-corrected chi connectivity index (χ2v) is 4.28. The van der Waals surface area contributed by atoms with E-state index in [0.29, 0.717) is 13.1 Å². The van der Waals surface area contributed by atoms with Crippen LogP contribution in [0, 0.1) is 6.92 Å². The van der Waals surface area contributed by atoms with E-state index in [2.05, 4.69) is 5.32 Å². The molecule has 16 heavy (non-hydrogen) atoms. The third-order valence-electron chi connectivity index (χ3n) is 2.92. The molecule has 4 heteroatoms. The molecule has 1 heterocycles. The summed E-state index contributed by atoms with van der Waals surface area (Å²) in [6.45, 7) is 4.97. The molecule has 0 saturated heterocycles. The van der Waals surface area contributed by atoms with Gasteiger partial charge in [0.1, 0.15) is 0 Å². The van der Waals surface area contributed by atoms with E-state index in [4.69, 9.17) is 5.73 Å². The molecule has 2 rings (SSSR count).